The SMILES string of the molecule is CC1C(=O)/C(=C/c2c(F)cccc2Cl)C[C@@]2(C)C1CCC[C@@H]2O. The molecule has 0 heterocycles. The van der Waals surface area contributed by atoms with Crippen LogP contribution < -0.4 is 0 Å². The molecule has 2 fully saturated rings. The van der Waals surface area contributed by atoms with E-state index in [1.165, 1.54) is 6.07 Å². The minimum Gasteiger partial charge on any atom is -0.393 e. The van der Waals surface area contributed by atoms with E-state index in [4.69, 9.17) is 11.6 Å². The number of halogens is 2. The van der Waals surface area contributed by atoms with Crippen LogP contribution >= 0.6 is 11.6 Å². The van der Waals surface area contributed by atoms with Crippen molar-refractivity contribution in [2.75, 3.05) is 0 Å². The third kappa shape index (κ3) is 2.74. The number of carbonyl (C=O) groups is 1. The fourth-order valence-corrected chi connectivity index (χ4v) is 4.64. The molecular formula is C19H22ClFO2. The predicted molar refractivity (Wildman–Crippen MR) is 89.6 cm³/mol. The van der Waals surface area contributed by atoms with Crippen LogP contribution in [0, 0.1) is 23.1 Å². The van der Waals surface area contributed by atoms with Crippen molar-refractivity contribution in [1.82, 2.24) is 0 Å². The molecule has 0 amide bonds. The zero-order chi connectivity index (χ0) is 16.8. The van der Waals surface area contributed by atoms with Crippen molar-refractivity contribution in [3.63, 3.8) is 0 Å². The molecule has 4 heteroatoms. The number of aliphatic hydroxyl groups excluding tert-OH is 1. The van der Waals surface area contributed by atoms with Crippen LogP contribution in [0.1, 0.15) is 45.1 Å². The Morgan fingerprint density at radius 1 is 1.39 bits per heavy atom. The third-order valence-corrected chi connectivity index (χ3v) is 6.15. The highest BCUT2D eigenvalue weighted by molar-refractivity contribution is 6.32. The molecule has 2 unspecified atom stereocenters. The lowest BCUT2D eigenvalue weighted by Crippen LogP contribution is -2.51. The van der Waals surface area contributed by atoms with E-state index < -0.39 is 11.9 Å². The van der Waals surface area contributed by atoms with Gasteiger partial charge in [-0.05, 0) is 49.0 Å². The average molecular weight is 337 g/mol. The van der Waals surface area contributed by atoms with E-state index >= 15 is 0 Å². The molecule has 0 aromatic heterocycles. The lowest BCUT2D eigenvalue weighted by molar-refractivity contribution is -0.133. The zero-order valence-electron chi connectivity index (χ0n) is 13.5. The second-order valence-electron chi connectivity index (χ2n) is 7.19. The Labute approximate surface area is 141 Å². The van der Waals surface area contributed by atoms with Gasteiger partial charge in [0.05, 0.1) is 11.1 Å². The van der Waals surface area contributed by atoms with Gasteiger partial charge in [0.15, 0.2) is 5.78 Å². The van der Waals surface area contributed by atoms with E-state index in [1.54, 1.807) is 18.2 Å². The highest BCUT2D eigenvalue weighted by Gasteiger charge is 2.51. The summed E-state index contributed by atoms with van der Waals surface area (Å²) in [5, 5.41) is 10.8. The molecule has 1 aromatic rings. The summed E-state index contributed by atoms with van der Waals surface area (Å²) < 4.78 is 14.0. The van der Waals surface area contributed by atoms with E-state index in [0.717, 1.165) is 19.3 Å². The first kappa shape index (κ1) is 16.7. The Bertz CT molecular complexity index is 649. The number of Topliss-reactive ketones (excluding diaryl/α,β-unsaturated/α-hetero) is 1. The number of aliphatic hydroxyl groups is 1. The van der Waals surface area contributed by atoms with Crippen LogP contribution in [0.5, 0.6) is 0 Å². The van der Waals surface area contributed by atoms with Gasteiger partial charge in [0, 0.05) is 16.9 Å². The van der Waals surface area contributed by atoms with E-state index in [9.17, 15) is 14.3 Å². The number of rotatable bonds is 1. The number of hydrogen-bond donors (Lipinski definition) is 1. The Morgan fingerprint density at radius 3 is 2.83 bits per heavy atom. The fraction of sp³-hybridized carbons (Fsp3) is 0.526. The van der Waals surface area contributed by atoms with E-state index in [-0.39, 0.29) is 28.6 Å². The molecule has 0 aliphatic heterocycles. The maximum absolute atomic E-state index is 14.0. The van der Waals surface area contributed by atoms with Gasteiger partial charge in [-0.15, -0.1) is 0 Å². The minimum atomic E-state index is -0.429. The van der Waals surface area contributed by atoms with Crippen LogP contribution in [0.2, 0.25) is 5.02 Å². The molecule has 0 bridgehead atoms. The van der Waals surface area contributed by atoms with E-state index in [0.29, 0.717) is 17.0 Å². The molecule has 4 atom stereocenters. The maximum atomic E-state index is 14.0. The number of hydrogen-bond acceptors (Lipinski definition) is 2. The summed E-state index contributed by atoms with van der Waals surface area (Å²) in [7, 11) is 0. The monoisotopic (exact) mass is 336 g/mol. The van der Waals surface area contributed by atoms with Crippen LogP contribution in [0.3, 0.4) is 0 Å². The van der Waals surface area contributed by atoms with Crippen molar-refractivity contribution in [2.24, 2.45) is 17.3 Å². The summed E-state index contributed by atoms with van der Waals surface area (Å²) in [6.07, 6.45) is 4.33. The zero-order valence-corrected chi connectivity index (χ0v) is 14.2. The summed E-state index contributed by atoms with van der Waals surface area (Å²) in [4.78, 5) is 12.7. The quantitative estimate of drug-likeness (QED) is 0.759. The third-order valence-electron chi connectivity index (χ3n) is 5.82. The van der Waals surface area contributed by atoms with Crippen molar-refractivity contribution >= 4 is 23.5 Å². The van der Waals surface area contributed by atoms with Crippen molar-refractivity contribution in [1.29, 1.82) is 0 Å². The first-order valence-electron chi connectivity index (χ1n) is 8.21. The van der Waals surface area contributed by atoms with Gasteiger partial charge in [0.25, 0.3) is 0 Å². The van der Waals surface area contributed by atoms with Crippen LogP contribution in [0.4, 0.5) is 4.39 Å². The second-order valence-corrected chi connectivity index (χ2v) is 7.60. The normalized spacial score (nSPS) is 36.1. The smallest absolute Gasteiger partial charge is 0.161 e. The molecule has 23 heavy (non-hydrogen) atoms. The summed E-state index contributed by atoms with van der Waals surface area (Å²) in [6.45, 7) is 3.99. The Kier molecular flexibility index (Phi) is 4.37. The molecule has 124 valence electrons. The minimum absolute atomic E-state index is 0.0564. The Morgan fingerprint density at radius 2 is 2.13 bits per heavy atom. The molecule has 1 N–H and O–H groups in total. The molecule has 0 saturated heterocycles. The lowest BCUT2D eigenvalue weighted by Gasteiger charge is -2.51. The lowest BCUT2D eigenvalue weighted by atomic mass is 9.54. The van der Waals surface area contributed by atoms with Crippen molar-refractivity contribution in [3.8, 4) is 0 Å². The number of carbonyl (C=O) groups excluding carboxylic acids is 1. The average Bonchev–Trinajstić information content (AvgIpc) is 2.50. The summed E-state index contributed by atoms with van der Waals surface area (Å²) in [5.74, 6) is -0.338. The van der Waals surface area contributed by atoms with Gasteiger partial charge in [-0.1, -0.05) is 37.9 Å². The molecule has 0 spiro atoms. The van der Waals surface area contributed by atoms with Gasteiger partial charge >= 0.3 is 0 Å². The molecule has 1 aromatic carbocycles. The first-order valence-corrected chi connectivity index (χ1v) is 8.59. The van der Waals surface area contributed by atoms with Gasteiger partial charge in [-0.3, -0.25) is 4.79 Å². The first-order chi connectivity index (χ1) is 10.8. The number of allylic oxidation sites excluding steroid dienone is 1. The van der Waals surface area contributed by atoms with E-state index in [2.05, 4.69) is 6.92 Å². The maximum Gasteiger partial charge on any atom is 0.161 e. The predicted octanol–water partition coefficient (Wildman–Crippen LogP) is 4.64. The summed E-state index contributed by atoms with van der Waals surface area (Å²) in [5.41, 5.74) is 0.510. The second kappa shape index (κ2) is 6.03. The molecule has 3 rings (SSSR count). The summed E-state index contributed by atoms with van der Waals surface area (Å²) in [6, 6.07) is 4.51. The van der Waals surface area contributed by atoms with Crippen molar-refractivity contribution < 1.29 is 14.3 Å². The van der Waals surface area contributed by atoms with Gasteiger partial charge in [-0.2, -0.15) is 0 Å². The standard InChI is InChI=1S/C19H22ClFO2/c1-11-14-5-3-8-17(22)19(14,2)10-12(18(11)23)9-13-15(20)6-4-7-16(13)21/h4,6-7,9,11,14,17,22H,3,5,8,10H2,1-2H3/b12-9+/t11?,14?,17-,19-/m0/s1. The van der Waals surface area contributed by atoms with Gasteiger partial charge in [0.2, 0.25) is 0 Å². The topological polar surface area (TPSA) is 37.3 Å². The van der Waals surface area contributed by atoms with Crippen LogP contribution in [0.25, 0.3) is 6.08 Å². The number of benzene rings is 1. The van der Waals surface area contributed by atoms with E-state index in [1.807, 2.05) is 6.92 Å². The number of fused-ring (bicyclic) bond motifs is 1. The molecule has 2 aliphatic carbocycles. The van der Waals surface area contributed by atoms with Crippen LogP contribution in [-0.2, 0) is 4.79 Å². The number of ketones is 1. The van der Waals surface area contributed by atoms with Gasteiger partial charge < -0.3 is 5.11 Å². The summed E-state index contributed by atoms with van der Waals surface area (Å²) >= 11 is 6.09. The van der Waals surface area contributed by atoms with Gasteiger partial charge in [-0.25, -0.2) is 4.39 Å². The van der Waals surface area contributed by atoms with Gasteiger partial charge in [0.1, 0.15) is 5.82 Å². The van der Waals surface area contributed by atoms with Crippen molar-refractivity contribution in [3.05, 3.63) is 40.2 Å². The van der Waals surface area contributed by atoms with Crippen LogP contribution in [0.15, 0.2) is 23.8 Å². The molecular weight excluding hydrogens is 315 g/mol. The fourth-order valence-electron chi connectivity index (χ4n) is 4.43. The molecule has 2 nitrogen and oxygen atoms in total. The molecule has 2 saturated carbocycles. The Balaban J connectivity index is 2.03. The van der Waals surface area contributed by atoms with Crippen molar-refractivity contribution in [2.45, 2.75) is 45.6 Å². The highest BCUT2D eigenvalue weighted by Crippen LogP contribution is 2.53. The highest BCUT2D eigenvalue weighted by atomic mass is 35.5. The largest absolute Gasteiger partial charge is 0.393 e. The Hall–Kier alpha value is -1.19. The molecule has 2 aliphatic rings. The molecule has 0 radical (unpaired) electrons. The van der Waals surface area contributed by atoms with Crippen LogP contribution in [-0.4, -0.2) is 17.0 Å².